The molecule has 0 aromatic heterocycles. The summed E-state index contributed by atoms with van der Waals surface area (Å²) in [6.45, 7) is 3.11. The first-order chi connectivity index (χ1) is 7.20. The zero-order valence-electron chi connectivity index (χ0n) is 8.29. The van der Waals surface area contributed by atoms with Crippen molar-refractivity contribution >= 4 is 27.5 Å². The Morgan fingerprint density at radius 1 is 1.47 bits per heavy atom. The fraction of sp³-hybridized carbons (Fsp3) is 0.455. The summed E-state index contributed by atoms with van der Waals surface area (Å²) >= 11 is 9.58. The number of hydrogen-bond donors (Lipinski definition) is 1. The van der Waals surface area contributed by atoms with E-state index in [4.69, 9.17) is 16.7 Å². The van der Waals surface area contributed by atoms with Crippen molar-refractivity contribution in [2.45, 2.75) is 6.54 Å². The van der Waals surface area contributed by atoms with Crippen LogP contribution in [0.25, 0.3) is 0 Å². The second kappa shape index (κ2) is 4.83. The average molecular weight is 291 g/mol. The Morgan fingerprint density at radius 2 is 2.20 bits per heavy atom. The number of likely N-dealkylation sites (tertiary alicyclic amines) is 1. The van der Waals surface area contributed by atoms with Gasteiger partial charge in [0.15, 0.2) is 0 Å². The van der Waals surface area contributed by atoms with Crippen LogP contribution in [-0.2, 0) is 6.54 Å². The molecule has 0 radical (unpaired) electrons. The topological polar surface area (TPSA) is 23.5 Å². The molecule has 1 fully saturated rings. The molecule has 4 heteroatoms. The highest BCUT2D eigenvalue weighted by Crippen LogP contribution is 2.28. The van der Waals surface area contributed by atoms with Gasteiger partial charge in [-0.1, -0.05) is 23.7 Å². The predicted octanol–water partition coefficient (Wildman–Crippen LogP) is 2.53. The van der Waals surface area contributed by atoms with Crippen molar-refractivity contribution in [2.24, 2.45) is 5.92 Å². The molecule has 2 rings (SSSR count). The Kier molecular flexibility index (Phi) is 3.67. The van der Waals surface area contributed by atoms with Crippen LogP contribution in [0, 0.1) is 5.92 Å². The van der Waals surface area contributed by atoms with Gasteiger partial charge in [-0.15, -0.1) is 0 Å². The Morgan fingerprint density at radius 3 is 2.87 bits per heavy atom. The van der Waals surface area contributed by atoms with Crippen molar-refractivity contribution in [3.05, 3.63) is 33.3 Å². The van der Waals surface area contributed by atoms with Gasteiger partial charge < -0.3 is 5.11 Å². The third-order valence-electron chi connectivity index (χ3n) is 2.72. The van der Waals surface area contributed by atoms with Crippen LogP contribution in [0.5, 0.6) is 0 Å². The summed E-state index contributed by atoms with van der Waals surface area (Å²) < 4.78 is 0.945. The lowest BCUT2D eigenvalue weighted by Gasteiger charge is -2.38. The van der Waals surface area contributed by atoms with Crippen LogP contribution < -0.4 is 0 Å². The molecule has 1 aliphatic rings. The summed E-state index contributed by atoms with van der Waals surface area (Å²) in [5.74, 6) is 0.455. The number of benzene rings is 1. The SMILES string of the molecule is OCC1CN(Cc2cccc(Br)c2Cl)C1. The van der Waals surface area contributed by atoms with Crippen LogP contribution in [0.2, 0.25) is 5.02 Å². The van der Waals surface area contributed by atoms with E-state index < -0.39 is 0 Å². The predicted molar refractivity (Wildman–Crippen MR) is 65.0 cm³/mol. The third kappa shape index (κ3) is 2.53. The molecule has 1 saturated heterocycles. The fourth-order valence-corrected chi connectivity index (χ4v) is 2.43. The van der Waals surface area contributed by atoms with Gasteiger partial charge in [0.2, 0.25) is 0 Å². The Bertz CT molecular complexity index is 352. The van der Waals surface area contributed by atoms with E-state index in [1.54, 1.807) is 0 Å². The minimum absolute atomic E-state index is 0.294. The summed E-state index contributed by atoms with van der Waals surface area (Å²) in [6.07, 6.45) is 0. The highest BCUT2D eigenvalue weighted by atomic mass is 79.9. The number of halogens is 2. The quantitative estimate of drug-likeness (QED) is 0.925. The maximum absolute atomic E-state index is 8.91. The van der Waals surface area contributed by atoms with Gasteiger partial charge in [0.05, 0.1) is 5.02 Å². The molecule has 0 spiro atoms. The summed E-state index contributed by atoms with van der Waals surface area (Å²) in [6, 6.07) is 5.98. The van der Waals surface area contributed by atoms with Crippen LogP contribution in [0.15, 0.2) is 22.7 Å². The molecule has 1 aromatic carbocycles. The number of nitrogens with zero attached hydrogens (tertiary/aromatic N) is 1. The summed E-state index contributed by atoms with van der Waals surface area (Å²) in [4.78, 5) is 2.29. The molecule has 2 nitrogen and oxygen atoms in total. The second-order valence-corrected chi connectivity index (χ2v) is 5.19. The monoisotopic (exact) mass is 289 g/mol. The maximum Gasteiger partial charge on any atom is 0.0593 e. The third-order valence-corrected chi connectivity index (χ3v) is 4.05. The van der Waals surface area contributed by atoms with Crippen LogP contribution >= 0.6 is 27.5 Å². The highest BCUT2D eigenvalue weighted by Gasteiger charge is 2.26. The summed E-state index contributed by atoms with van der Waals surface area (Å²) in [5.41, 5.74) is 1.14. The average Bonchev–Trinajstić information content (AvgIpc) is 2.17. The minimum Gasteiger partial charge on any atom is -0.396 e. The van der Waals surface area contributed by atoms with Gasteiger partial charge >= 0.3 is 0 Å². The van der Waals surface area contributed by atoms with E-state index in [9.17, 15) is 0 Å². The highest BCUT2D eigenvalue weighted by molar-refractivity contribution is 9.10. The molecule has 82 valence electrons. The molecule has 1 aliphatic heterocycles. The lowest BCUT2D eigenvalue weighted by atomic mass is 10.0. The van der Waals surface area contributed by atoms with Crippen molar-refractivity contribution < 1.29 is 5.11 Å². The Balaban J connectivity index is 1.97. The van der Waals surface area contributed by atoms with E-state index in [1.165, 1.54) is 0 Å². The lowest BCUT2D eigenvalue weighted by Crippen LogP contribution is -2.47. The lowest BCUT2D eigenvalue weighted by molar-refractivity contribution is 0.0479. The normalized spacial score (nSPS) is 17.8. The molecular formula is C11H13BrClNO. The zero-order valence-corrected chi connectivity index (χ0v) is 10.6. The first-order valence-electron chi connectivity index (χ1n) is 4.97. The first-order valence-corrected chi connectivity index (χ1v) is 6.14. The van der Waals surface area contributed by atoms with Crippen molar-refractivity contribution in [1.29, 1.82) is 0 Å². The number of rotatable bonds is 3. The van der Waals surface area contributed by atoms with Crippen LogP contribution in [0.1, 0.15) is 5.56 Å². The van der Waals surface area contributed by atoms with E-state index in [2.05, 4.69) is 20.8 Å². The minimum atomic E-state index is 0.294. The Hall–Kier alpha value is -0.0900. The van der Waals surface area contributed by atoms with E-state index in [0.29, 0.717) is 12.5 Å². The zero-order chi connectivity index (χ0) is 10.8. The molecule has 0 bridgehead atoms. The number of aliphatic hydroxyl groups is 1. The summed E-state index contributed by atoms with van der Waals surface area (Å²) in [7, 11) is 0. The van der Waals surface area contributed by atoms with Gasteiger partial charge in [-0.3, -0.25) is 4.90 Å². The van der Waals surface area contributed by atoms with Gasteiger partial charge in [0, 0.05) is 36.6 Å². The van der Waals surface area contributed by atoms with Gasteiger partial charge in [0.25, 0.3) is 0 Å². The van der Waals surface area contributed by atoms with E-state index in [1.807, 2.05) is 18.2 Å². The van der Waals surface area contributed by atoms with Crippen LogP contribution in [-0.4, -0.2) is 29.7 Å². The second-order valence-electron chi connectivity index (χ2n) is 3.96. The molecule has 1 heterocycles. The number of hydrogen-bond acceptors (Lipinski definition) is 2. The molecule has 1 N–H and O–H groups in total. The molecule has 0 aliphatic carbocycles. The molecule has 0 saturated carbocycles. The van der Waals surface area contributed by atoms with Crippen molar-refractivity contribution in [1.82, 2.24) is 4.90 Å². The largest absolute Gasteiger partial charge is 0.396 e. The smallest absolute Gasteiger partial charge is 0.0593 e. The standard InChI is InChI=1S/C11H13BrClNO/c12-10-3-1-2-9(11(10)13)6-14-4-8(5-14)7-15/h1-3,8,15H,4-7H2. The maximum atomic E-state index is 8.91. The van der Waals surface area contributed by atoms with Gasteiger partial charge in [-0.25, -0.2) is 0 Å². The van der Waals surface area contributed by atoms with E-state index in [0.717, 1.165) is 34.7 Å². The van der Waals surface area contributed by atoms with Crippen LogP contribution in [0.4, 0.5) is 0 Å². The molecule has 15 heavy (non-hydrogen) atoms. The van der Waals surface area contributed by atoms with Crippen LogP contribution in [0.3, 0.4) is 0 Å². The molecule has 0 atom stereocenters. The Labute approximate surface area is 103 Å². The molecule has 0 unspecified atom stereocenters. The van der Waals surface area contributed by atoms with Crippen molar-refractivity contribution in [2.75, 3.05) is 19.7 Å². The molecule has 1 aromatic rings. The van der Waals surface area contributed by atoms with Gasteiger partial charge in [-0.05, 0) is 27.6 Å². The molecule has 0 amide bonds. The van der Waals surface area contributed by atoms with Crippen molar-refractivity contribution in [3.63, 3.8) is 0 Å². The number of aliphatic hydroxyl groups excluding tert-OH is 1. The molecular weight excluding hydrogens is 277 g/mol. The van der Waals surface area contributed by atoms with E-state index in [-0.39, 0.29) is 0 Å². The van der Waals surface area contributed by atoms with E-state index >= 15 is 0 Å². The van der Waals surface area contributed by atoms with Crippen molar-refractivity contribution in [3.8, 4) is 0 Å². The van der Waals surface area contributed by atoms with Gasteiger partial charge in [-0.2, -0.15) is 0 Å². The first kappa shape index (κ1) is 11.4. The van der Waals surface area contributed by atoms with Gasteiger partial charge in [0.1, 0.15) is 0 Å². The fourth-order valence-electron chi connectivity index (χ4n) is 1.83. The summed E-state index contributed by atoms with van der Waals surface area (Å²) in [5, 5.41) is 9.70.